The number of esters is 1. The van der Waals surface area contributed by atoms with Gasteiger partial charge in [-0.1, -0.05) is 39.1 Å². The molecule has 3 N–H and O–H groups in total. The molecule has 26 heavy (non-hydrogen) atoms. The summed E-state index contributed by atoms with van der Waals surface area (Å²) in [6, 6.07) is 4.63. The molecule has 0 radical (unpaired) electrons. The molecular formula is C15H14BrCl2NO6S. The van der Waals surface area contributed by atoms with Crippen LogP contribution in [0.1, 0.15) is 23.9 Å². The lowest BCUT2D eigenvalue weighted by Gasteiger charge is -2.08. The number of halogens is 3. The van der Waals surface area contributed by atoms with E-state index >= 15 is 0 Å². The van der Waals surface area contributed by atoms with Crippen LogP contribution in [0.3, 0.4) is 0 Å². The molecule has 2 atom stereocenters. The monoisotopic (exact) mass is 485 g/mol. The third-order valence-corrected chi connectivity index (χ3v) is 5.27. The van der Waals surface area contributed by atoms with Crippen molar-refractivity contribution < 1.29 is 27.8 Å². The fraction of sp³-hybridized carbons (Fsp3) is 0.267. The minimum absolute atomic E-state index is 0.0537. The molecule has 0 saturated heterocycles. The molecule has 2 unspecified atom stereocenters. The van der Waals surface area contributed by atoms with Crippen molar-refractivity contribution in [1.29, 1.82) is 0 Å². The predicted octanol–water partition coefficient (Wildman–Crippen LogP) is 4.44. The summed E-state index contributed by atoms with van der Waals surface area (Å²) in [7, 11) is 0. The molecule has 1 aromatic carbocycles. The molecule has 0 aliphatic rings. The molecule has 142 valence electrons. The molecule has 0 aliphatic carbocycles. The van der Waals surface area contributed by atoms with E-state index in [4.69, 9.17) is 36.9 Å². The van der Waals surface area contributed by atoms with Crippen molar-refractivity contribution in [2.24, 2.45) is 0 Å². The van der Waals surface area contributed by atoms with Gasteiger partial charge in [-0.05, 0) is 24.6 Å². The Kier molecular flexibility index (Phi) is 7.51. The van der Waals surface area contributed by atoms with E-state index < -0.39 is 22.1 Å². The number of nitrogens with one attached hydrogen (secondary N) is 1. The van der Waals surface area contributed by atoms with E-state index in [2.05, 4.69) is 20.7 Å². The first-order valence-electron chi connectivity index (χ1n) is 7.18. The lowest BCUT2D eigenvalue weighted by atomic mass is 10.1. The Morgan fingerprint density at radius 1 is 1.42 bits per heavy atom. The van der Waals surface area contributed by atoms with Gasteiger partial charge in [-0.25, -0.2) is 8.93 Å². The van der Waals surface area contributed by atoms with Crippen LogP contribution >= 0.6 is 39.1 Å². The van der Waals surface area contributed by atoms with E-state index in [1.54, 1.807) is 12.1 Å². The number of carbonyl (C=O) groups excluding carboxylic acids is 1. The van der Waals surface area contributed by atoms with Gasteiger partial charge in [0.05, 0.1) is 14.9 Å². The molecular weight excluding hydrogens is 473 g/mol. The van der Waals surface area contributed by atoms with E-state index in [9.17, 15) is 14.1 Å². The number of carbonyl (C=O) groups is 1. The molecule has 2 aromatic rings. The summed E-state index contributed by atoms with van der Waals surface area (Å²) in [5.41, 5.74) is 0.436. The summed E-state index contributed by atoms with van der Waals surface area (Å²) in [4.78, 5) is 10.9. The van der Waals surface area contributed by atoms with Gasteiger partial charge in [0.2, 0.25) is 22.8 Å². The Hall–Kier alpha value is -1.10. The molecule has 0 fully saturated rings. The number of hydrogen-bond acceptors (Lipinski definition) is 5. The molecule has 1 aromatic heterocycles. The second-order valence-electron chi connectivity index (χ2n) is 5.10. The number of ether oxygens (including phenoxy) is 1. The highest BCUT2D eigenvalue weighted by atomic mass is 79.9. The van der Waals surface area contributed by atoms with E-state index in [1.165, 1.54) is 13.0 Å². The van der Waals surface area contributed by atoms with Crippen LogP contribution in [-0.2, 0) is 16.1 Å². The van der Waals surface area contributed by atoms with Crippen LogP contribution in [0.2, 0.25) is 10.0 Å². The summed E-state index contributed by atoms with van der Waals surface area (Å²) in [5, 5.41) is 11.1. The van der Waals surface area contributed by atoms with Crippen LogP contribution in [-0.4, -0.2) is 26.4 Å². The summed E-state index contributed by atoms with van der Waals surface area (Å²) >= 11 is 13.1. The first kappa shape index (κ1) is 21.2. The number of rotatable bonds is 7. The maximum Gasteiger partial charge on any atom is 0.308 e. The van der Waals surface area contributed by atoms with E-state index in [0.29, 0.717) is 17.0 Å². The van der Waals surface area contributed by atoms with Gasteiger partial charge in [-0.3, -0.25) is 9.35 Å². The summed E-state index contributed by atoms with van der Waals surface area (Å²) in [5.74, 6) is -0.929. The predicted molar refractivity (Wildman–Crippen MR) is 102 cm³/mol. The molecule has 11 heteroatoms. The van der Waals surface area contributed by atoms with Crippen LogP contribution in [0.25, 0.3) is 11.3 Å². The standard InChI is InChI=1S/C15H14BrCl2NO6S/c1-7(20)24-15-12(21)13(8-2-3-10(17)11(18)6-8)25-14(15)9(16)4-5-19-26(22)23/h2-3,6,9,19,21H,4-5H2,1H3,(H,22,23). The minimum atomic E-state index is -2.15. The van der Waals surface area contributed by atoms with Gasteiger partial charge in [-0.15, -0.1) is 0 Å². The highest BCUT2D eigenvalue weighted by Crippen LogP contribution is 2.48. The number of alkyl halides is 1. The van der Waals surface area contributed by atoms with Crippen molar-refractivity contribution in [3.8, 4) is 22.8 Å². The smallest absolute Gasteiger partial charge is 0.308 e. The topological polar surface area (TPSA) is 109 Å². The number of furan rings is 1. The Morgan fingerprint density at radius 3 is 2.69 bits per heavy atom. The Morgan fingerprint density at radius 2 is 2.12 bits per heavy atom. The van der Waals surface area contributed by atoms with Gasteiger partial charge in [0.1, 0.15) is 0 Å². The zero-order valence-corrected chi connectivity index (χ0v) is 17.2. The molecule has 0 amide bonds. The van der Waals surface area contributed by atoms with E-state index in [1.807, 2.05) is 0 Å². The number of aromatic hydroxyl groups is 1. The van der Waals surface area contributed by atoms with Crippen molar-refractivity contribution in [2.75, 3.05) is 6.54 Å². The second kappa shape index (κ2) is 9.20. The van der Waals surface area contributed by atoms with E-state index in [-0.39, 0.29) is 34.6 Å². The van der Waals surface area contributed by atoms with Gasteiger partial charge in [0.15, 0.2) is 11.5 Å². The van der Waals surface area contributed by atoms with Crippen LogP contribution in [0.4, 0.5) is 0 Å². The summed E-state index contributed by atoms with van der Waals surface area (Å²) in [6.07, 6.45) is 0.314. The maximum atomic E-state index is 11.4. The fourth-order valence-corrected chi connectivity index (χ4v) is 3.23. The molecule has 0 saturated carbocycles. The van der Waals surface area contributed by atoms with Crippen molar-refractivity contribution in [3.05, 3.63) is 34.0 Å². The van der Waals surface area contributed by atoms with Gasteiger partial charge in [0.25, 0.3) is 0 Å². The summed E-state index contributed by atoms with van der Waals surface area (Å²) in [6.45, 7) is 1.36. The zero-order valence-electron chi connectivity index (χ0n) is 13.3. The summed E-state index contributed by atoms with van der Waals surface area (Å²) < 4.78 is 32.5. The lowest BCUT2D eigenvalue weighted by Crippen LogP contribution is -2.18. The maximum absolute atomic E-state index is 11.4. The molecule has 7 nitrogen and oxygen atoms in total. The zero-order chi connectivity index (χ0) is 19.4. The van der Waals surface area contributed by atoms with Crippen molar-refractivity contribution in [1.82, 2.24) is 4.72 Å². The minimum Gasteiger partial charge on any atom is -0.502 e. The van der Waals surface area contributed by atoms with Crippen LogP contribution in [0.5, 0.6) is 11.5 Å². The number of benzene rings is 1. The second-order valence-corrected chi connectivity index (χ2v) is 7.80. The van der Waals surface area contributed by atoms with Crippen LogP contribution < -0.4 is 9.46 Å². The van der Waals surface area contributed by atoms with Gasteiger partial charge >= 0.3 is 5.97 Å². The van der Waals surface area contributed by atoms with Crippen molar-refractivity contribution in [3.63, 3.8) is 0 Å². The third kappa shape index (κ3) is 5.21. The Balaban J connectivity index is 2.41. The first-order valence-corrected chi connectivity index (χ1v) is 9.96. The third-order valence-electron chi connectivity index (χ3n) is 3.20. The molecule has 0 spiro atoms. The largest absolute Gasteiger partial charge is 0.502 e. The Bertz CT molecular complexity index is 844. The highest BCUT2D eigenvalue weighted by molar-refractivity contribution is 9.09. The van der Waals surface area contributed by atoms with Crippen LogP contribution in [0, 0.1) is 0 Å². The Labute approximate surface area is 170 Å². The molecule has 0 bridgehead atoms. The molecule has 2 rings (SSSR count). The average Bonchev–Trinajstić information content (AvgIpc) is 2.86. The fourth-order valence-electron chi connectivity index (χ4n) is 2.11. The van der Waals surface area contributed by atoms with Crippen molar-refractivity contribution in [2.45, 2.75) is 18.2 Å². The SMILES string of the molecule is CC(=O)Oc1c(C(Br)CCNS(=O)O)oc(-c2ccc(Cl)c(Cl)c2)c1O. The molecule has 0 aliphatic heterocycles. The van der Waals surface area contributed by atoms with Crippen LogP contribution in [0.15, 0.2) is 22.6 Å². The normalized spacial score (nSPS) is 13.4. The number of hydrogen-bond donors (Lipinski definition) is 3. The lowest BCUT2D eigenvalue weighted by molar-refractivity contribution is -0.132. The average molecular weight is 487 g/mol. The highest BCUT2D eigenvalue weighted by Gasteiger charge is 2.28. The van der Waals surface area contributed by atoms with Gasteiger partial charge in [0, 0.05) is 19.0 Å². The van der Waals surface area contributed by atoms with E-state index in [0.717, 1.165) is 0 Å². The van der Waals surface area contributed by atoms with Crippen molar-refractivity contribution >= 4 is 56.4 Å². The quantitative estimate of drug-likeness (QED) is 0.303. The first-order chi connectivity index (χ1) is 12.2. The van der Waals surface area contributed by atoms with Gasteiger partial charge in [-0.2, -0.15) is 0 Å². The van der Waals surface area contributed by atoms with Gasteiger partial charge < -0.3 is 14.3 Å². The molecule has 1 heterocycles.